The zero-order valence-corrected chi connectivity index (χ0v) is 12.6. The second kappa shape index (κ2) is 5.24. The minimum atomic E-state index is 0.229. The molecule has 1 aliphatic carbocycles. The summed E-state index contributed by atoms with van der Waals surface area (Å²) in [5.74, 6) is 3.54. The van der Waals surface area contributed by atoms with Crippen molar-refractivity contribution in [3.05, 3.63) is 23.2 Å². The van der Waals surface area contributed by atoms with E-state index < -0.39 is 0 Å². The Kier molecular flexibility index (Phi) is 3.59. The number of piperidine rings is 1. The molecule has 1 saturated heterocycles. The van der Waals surface area contributed by atoms with Crippen LogP contribution >= 0.6 is 0 Å². The average Bonchev–Trinajstić information content (AvgIpc) is 2.93. The van der Waals surface area contributed by atoms with E-state index in [0.717, 1.165) is 31.0 Å². The molecule has 2 fully saturated rings. The molecule has 1 N–H and O–H groups in total. The number of hydrogen-bond donors (Lipinski definition) is 1. The highest BCUT2D eigenvalue weighted by Crippen LogP contribution is 2.38. The van der Waals surface area contributed by atoms with Gasteiger partial charge in [0.05, 0.1) is 6.54 Å². The van der Waals surface area contributed by atoms with Crippen LogP contribution in [0.3, 0.4) is 0 Å². The van der Waals surface area contributed by atoms with Gasteiger partial charge in [-0.25, -0.2) is 0 Å². The maximum atomic E-state index is 11.5. The monoisotopic (exact) mass is 276 g/mol. The molecule has 1 aromatic rings. The molecular weight excluding hydrogens is 252 g/mol. The van der Waals surface area contributed by atoms with Gasteiger partial charge in [-0.15, -0.1) is 0 Å². The van der Waals surface area contributed by atoms with Crippen molar-refractivity contribution in [2.24, 2.45) is 11.8 Å². The molecule has 0 radical (unpaired) electrons. The van der Waals surface area contributed by atoms with E-state index in [4.69, 9.17) is 4.42 Å². The van der Waals surface area contributed by atoms with Gasteiger partial charge in [0.15, 0.2) is 0 Å². The van der Waals surface area contributed by atoms with E-state index in [2.05, 4.69) is 30.3 Å². The number of fused-ring (bicyclic) bond motifs is 1. The topological polar surface area (TPSA) is 45.5 Å². The van der Waals surface area contributed by atoms with E-state index in [1.165, 1.54) is 12.0 Å². The number of aryl methyl sites for hydroxylation is 2. The van der Waals surface area contributed by atoms with Crippen molar-refractivity contribution in [2.45, 2.75) is 45.7 Å². The van der Waals surface area contributed by atoms with E-state index in [9.17, 15) is 4.79 Å². The Balaban J connectivity index is 1.61. The van der Waals surface area contributed by atoms with Crippen LogP contribution in [0.25, 0.3) is 0 Å². The van der Waals surface area contributed by atoms with Crippen LogP contribution in [0.4, 0.5) is 0 Å². The molecule has 1 amide bonds. The van der Waals surface area contributed by atoms with E-state index in [1.807, 2.05) is 6.92 Å². The number of hydrogen-bond acceptors (Lipinski definition) is 3. The molecule has 3 atom stereocenters. The number of rotatable bonds is 3. The van der Waals surface area contributed by atoms with Gasteiger partial charge in [0.1, 0.15) is 11.5 Å². The summed E-state index contributed by atoms with van der Waals surface area (Å²) in [6.45, 7) is 5.83. The quantitative estimate of drug-likeness (QED) is 0.921. The maximum absolute atomic E-state index is 11.5. The second-order valence-electron chi connectivity index (χ2n) is 6.52. The summed E-state index contributed by atoms with van der Waals surface area (Å²) in [5.41, 5.74) is 1.23. The van der Waals surface area contributed by atoms with Crippen LogP contribution in [0, 0.1) is 25.7 Å². The summed E-state index contributed by atoms with van der Waals surface area (Å²) >= 11 is 0. The van der Waals surface area contributed by atoms with Crippen LogP contribution in [-0.4, -0.2) is 30.4 Å². The molecule has 4 nitrogen and oxygen atoms in total. The minimum Gasteiger partial charge on any atom is -0.465 e. The molecule has 20 heavy (non-hydrogen) atoms. The molecule has 0 spiro atoms. The lowest BCUT2D eigenvalue weighted by Gasteiger charge is -2.24. The maximum Gasteiger partial charge on any atom is 0.220 e. The SMILES string of the molecule is Cc1cc(CN(C)[C@H]2C[C@H]3CNC(=O)C[C@H]3C2)oc1C. The van der Waals surface area contributed by atoms with Gasteiger partial charge in [0, 0.05) is 19.0 Å². The highest BCUT2D eigenvalue weighted by molar-refractivity contribution is 5.77. The van der Waals surface area contributed by atoms with E-state index in [1.54, 1.807) is 0 Å². The van der Waals surface area contributed by atoms with Crippen molar-refractivity contribution in [3.63, 3.8) is 0 Å². The van der Waals surface area contributed by atoms with Gasteiger partial charge in [0.2, 0.25) is 5.91 Å². The van der Waals surface area contributed by atoms with Crippen LogP contribution in [0.1, 0.15) is 36.3 Å². The summed E-state index contributed by atoms with van der Waals surface area (Å²) in [7, 11) is 2.17. The molecule has 2 heterocycles. The molecule has 0 bridgehead atoms. The van der Waals surface area contributed by atoms with Gasteiger partial charge in [0.25, 0.3) is 0 Å². The molecule has 3 rings (SSSR count). The summed E-state index contributed by atoms with van der Waals surface area (Å²) in [6.07, 6.45) is 3.06. The molecule has 1 aromatic heterocycles. The number of nitrogens with zero attached hydrogens (tertiary/aromatic N) is 1. The van der Waals surface area contributed by atoms with Crippen LogP contribution < -0.4 is 5.32 Å². The minimum absolute atomic E-state index is 0.229. The molecular formula is C16H24N2O2. The van der Waals surface area contributed by atoms with Gasteiger partial charge in [-0.3, -0.25) is 9.69 Å². The third-order valence-corrected chi connectivity index (χ3v) is 5.07. The van der Waals surface area contributed by atoms with Crippen LogP contribution in [0.5, 0.6) is 0 Å². The van der Waals surface area contributed by atoms with Gasteiger partial charge >= 0.3 is 0 Å². The lowest BCUT2D eigenvalue weighted by atomic mass is 9.89. The van der Waals surface area contributed by atoms with Crippen molar-refractivity contribution in [1.82, 2.24) is 10.2 Å². The molecule has 0 unspecified atom stereocenters. The van der Waals surface area contributed by atoms with Crippen LogP contribution in [0.2, 0.25) is 0 Å². The van der Waals surface area contributed by atoms with Crippen molar-refractivity contribution in [3.8, 4) is 0 Å². The van der Waals surface area contributed by atoms with Crippen molar-refractivity contribution in [2.75, 3.05) is 13.6 Å². The second-order valence-corrected chi connectivity index (χ2v) is 6.52. The molecule has 1 aliphatic heterocycles. The zero-order valence-electron chi connectivity index (χ0n) is 12.6. The first kappa shape index (κ1) is 13.7. The van der Waals surface area contributed by atoms with E-state index in [0.29, 0.717) is 24.3 Å². The standard InChI is InChI=1S/C16H24N2O2/c1-10-4-15(20-11(10)2)9-18(3)14-5-12-7-16(19)17-8-13(12)6-14/h4,12-14H,5-9H2,1-3H3,(H,17,19)/t12-,13+,14-/m1/s1. The van der Waals surface area contributed by atoms with Gasteiger partial charge in [-0.1, -0.05) is 0 Å². The van der Waals surface area contributed by atoms with Gasteiger partial charge in [-0.05, 0) is 57.2 Å². The van der Waals surface area contributed by atoms with Gasteiger partial charge < -0.3 is 9.73 Å². The molecule has 0 aromatic carbocycles. The number of furan rings is 1. The summed E-state index contributed by atoms with van der Waals surface area (Å²) in [6, 6.07) is 2.71. The number of nitrogens with one attached hydrogen (secondary N) is 1. The number of carbonyl (C=O) groups excluding carboxylic acids is 1. The van der Waals surface area contributed by atoms with Crippen molar-refractivity contribution >= 4 is 5.91 Å². The fourth-order valence-electron chi connectivity index (χ4n) is 3.70. The van der Waals surface area contributed by atoms with E-state index in [-0.39, 0.29) is 5.91 Å². The lowest BCUT2D eigenvalue weighted by molar-refractivity contribution is -0.124. The highest BCUT2D eigenvalue weighted by Gasteiger charge is 2.39. The van der Waals surface area contributed by atoms with Crippen LogP contribution in [-0.2, 0) is 11.3 Å². The first-order valence-corrected chi connectivity index (χ1v) is 7.55. The third kappa shape index (κ3) is 2.62. The largest absolute Gasteiger partial charge is 0.465 e. The first-order chi connectivity index (χ1) is 9.52. The number of carbonyl (C=O) groups is 1. The highest BCUT2D eigenvalue weighted by atomic mass is 16.3. The predicted molar refractivity (Wildman–Crippen MR) is 77.3 cm³/mol. The Labute approximate surface area is 120 Å². The van der Waals surface area contributed by atoms with Crippen LogP contribution in [0.15, 0.2) is 10.5 Å². The van der Waals surface area contributed by atoms with Crippen molar-refractivity contribution in [1.29, 1.82) is 0 Å². The normalized spacial score (nSPS) is 29.6. The van der Waals surface area contributed by atoms with Crippen molar-refractivity contribution < 1.29 is 9.21 Å². The summed E-state index contributed by atoms with van der Waals surface area (Å²) < 4.78 is 5.77. The fraction of sp³-hybridized carbons (Fsp3) is 0.688. The Morgan fingerprint density at radius 1 is 1.35 bits per heavy atom. The Morgan fingerprint density at radius 2 is 2.10 bits per heavy atom. The average molecular weight is 276 g/mol. The molecule has 2 aliphatic rings. The molecule has 1 saturated carbocycles. The Morgan fingerprint density at radius 3 is 2.80 bits per heavy atom. The zero-order chi connectivity index (χ0) is 14.3. The lowest BCUT2D eigenvalue weighted by Crippen LogP contribution is -2.38. The predicted octanol–water partition coefficient (Wildman–Crippen LogP) is 2.24. The van der Waals surface area contributed by atoms with Gasteiger partial charge in [-0.2, -0.15) is 0 Å². The Hall–Kier alpha value is -1.29. The van der Waals surface area contributed by atoms with E-state index >= 15 is 0 Å². The molecule has 110 valence electrons. The first-order valence-electron chi connectivity index (χ1n) is 7.55. The smallest absolute Gasteiger partial charge is 0.220 e. The summed E-state index contributed by atoms with van der Waals surface area (Å²) in [4.78, 5) is 13.9. The summed E-state index contributed by atoms with van der Waals surface area (Å²) in [5, 5.41) is 3.00. The third-order valence-electron chi connectivity index (χ3n) is 5.07. The molecule has 4 heteroatoms. The number of amides is 1. The fourth-order valence-corrected chi connectivity index (χ4v) is 3.70. The Bertz CT molecular complexity index is 489.